The van der Waals surface area contributed by atoms with Crippen molar-refractivity contribution in [3.05, 3.63) is 53.6 Å². The van der Waals surface area contributed by atoms with Crippen LogP contribution in [-0.2, 0) is 11.4 Å². The summed E-state index contributed by atoms with van der Waals surface area (Å²) in [6.45, 7) is 1.76. The Labute approximate surface area is 129 Å². The topological polar surface area (TPSA) is 67.8 Å². The average Bonchev–Trinajstić information content (AvgIpc) is 2.53. The minimum Gasteiger partial charge on any atom is -0.493 e. The Kier molecular flexibility index (Phi) is 5.38. The highest BCUT2D eigenvalue weighted by molar-refractivity contribution is 5.91. The number of ether oxygens (including phenoxy) is 2. The Balaban J connectivity index is 1.95. The lowest BCUT2D eigenvalue weighted by Crippen LogP contribution is -2.20. The van der Waals surface area contributed by atoms with E-state index >= 15 is 0 Å². The van der Waals surface area contributed by atoms with Crippen LogP contribution < -0.4 is 14.8 Å². The third-order valence-corrected chi connectivity index (χ3v) is 3.07. The number of hydrogen-bond acceptors (Lipinski definition) is 4. The number of aliphatic hydroxyl groups excluding tert-OH is 1. The molecule has 5 heteroatoms. The first-order chi connectivity index (χ1) is 10.6. The van der Waals surface area contributed by atoms with Gasteiger partial charge < -0.3 is 19.9 Å². The average molecular weight is 301 g/mol. The fourth-order valence-corrected chi connectivity index (χ4v) is 1.98. The molecule has 0 fully saturated rings. The molecule has 0 radical (unpaired) electrons. The minimum absolute atomic E-state index is 0.0687. The maximum Gasteiger partial charge on any atom is 0.262 e. The third kappa shape index (κ3) is 4.23. The number of methoxy groups -OCH3 is 1. The summed E-state index contributed by atoms with van der Waals surface area (Å²) in [5.74, 6) is 0.833. The Bertz CT molecular complexity index is 655. The van der Waals surface area contributed by atoms with E-state index in [0.29, 0.717) is 17.2 Å². The largest absolute Gasteiger partial charge is 0.493 e. The van der Waals surface area contributed by atoms with Crippen LogP contribution in [0.3, 0.4) is 0 Å². The van der Waals surface area contributed by atoms with Crippen molar-refractivity contribution >= 4 is 11.6 Å². The van der Waals surface area contributed by atoms with Gasteiger partial charge in [-0.05, 0) is 42.3 Å². The van der Waals surface area contributed by atoms with E-state index in [-0.39, 0.29) is 19.1 Å². The monoisotopic (exact) mass is 301 g/mol. The highest BCUT2D eigenvalue weighted by atomic mass is 16.5. The number of carbonyl (C=O) groups is 1. The molecular formula is C17H19NO4. The van der Waals surface area contributed by atoms with Gasteiger partial charge in [-0.1, -0.05) is 18.2 Å². The van der Waals surface area contributed by atoms with Crippen molar-refractivity contribution in [2.45, 2.75) is 13.5 Å². The van der Waals surface area contributed by atoms with Crippen LogP contribution in [0.1, 0.15) is 11.1 Å². The zero-order valence-corrected chi connectivity index (χ0v) is 12.6. The second-order valence-electron chi connectivity index (χ2n) is 4.85. The molecule has 2 rings (SSSR count). The van der Waals surface area contributed by atoms with E-state index < -0.39 is 0 Å². The molecule has 2 aromatic carbocycles. The van der Waals surface area contributed by atoms with Gasteiger partial charge in [0.2, 0.25) is 0 Å². The summed E-state index contributed by atoms with van der Waals surface area (Å²) in [6.07, 6.45) is 0. The molecule has 0 unspecified atom stereocenters. The number of carbonyl (C=O) groups excluding carboxylic acids is 1. The van der Waals surface area contributed by atoms with Gasteiger partial charge in [0.05, 0.1) is 13.7 Å². The number of amides is 1. The van der Waals surface area contributed by atoms with Crippen LogP contribution in [-0.4, -0.2) is 24.7 Å². The summed E-state index contributed by atoms with van der Waals surface area (Å²) < 4.78 is 10.7. The molecule has 2 aromatic rings. The van der Waals surface area contributed by atoms with Gasteiger partial charge in [0.1, 0.15) is 0 Å². The predicted octanol–water partition coefficient (Wildman–Crippen LogP) is 2.51. The molecule has 0 aliphatic rings. The van der Waals surface area contributed by atoms with Gasteiger partial charge in [0.15, 0.2) is 18.1 Å². The summed E-state index contributed by atoms with van der Waals surface area (Å²) >= 11 is 0. The Morgan fingerprint density at radius 2 is 2.00 bits per heavy atom. The maximum absolute atomic E-state index is 11.9. The van der Waals surface area contributed by atoms with Crippen LogP contribution in [0.2, 0.25) is 0 Å². The molecule has 0 heterocycles. The van der Waals surface area contributed by atoms with Gasteiger partial charge in [-0.2, -0.15) is 0 Å². The van der Waals surface area contributed by atoms with Crippen molar-refractivity contribution in [3.8, 4) is 11.5 Å². The van der Waals surface area contributed by atoms with Gasteiger partial charge in [0, 0.05) is 5.69 Å². The summed E-state index contributed by atoms with van der Waals surface area (Å²) in [5, 5.41) is 11.8. The molecule has 22 heavy (non-hydrogen) atoms. The lowest BCUT2D eigenvalue weighted by molar-refractivity contribution is -0.118. The molecule has 5 nitrogen and oxygen atoms in total. The summed E-state index contributed by atoms with van der Waals surface area (Å²) in [5.41, 5.74) is 2.41. The van der Waals surface area contributed by atoms with Gasteiger partial charge in [0.25, 0.3) is 5.91 Å². The molecular weight excluding hydrogens is 282 g/mol. The Morgan fingerprint density at radius 3 is 2.73 bits per heavy atom. The summed E-state index contributed by atoms with van der Waals surface area (Å²) in [7, 11) is 1.56. The van der Waals surface area contributed by atoms with E-state index in [9.17, 15) is 4.79 Å². The van der Waals surface area contributed by atoms with Crippen LogP contribution in [0.4, 0.5) is 5.69 Å². The number of aryl methyl sites for hydroxylation is 1. The van der Waals surface area contributed by atoms with E-state index in [1.54, 1.807) is 37.4 Å². The fourth-order valence-electron chi connectivity index (χ4n) is 1.98. The molecule has 0 aromatic heterocycles. The second-order valence-corrected chi connectivity index (χ2v) is 4.85. The highest BCUT2D eigenvalue weighted by Crippen LogP contribution is 2.27. The lowest BCUT2D eigenvalue weighted by atomic mass is 10.2. The van der Waals surface area contributed by atoms with Crippen molar-refractivity contribution in [2.24, 2.45) is 0 Å². The molecule has 0 spiro atoms. The molecule has 0 atom stereocenters. The molecule has 1 amide bonds. The van der Waals surface area contributed by atoms with Crippen molar-refractivity contribution in [3.63, 3.8) is 0 Å². The number of rotatable bonds is 6. The second kappa shape index (κ2) is 7.47. The Morgan fingerprint density at radius 1 is 1.18 bits per heavy atom. The van der Waals surface area contributed by atoms with E-state index in [2.05, 4.69) is 5.32 Å². The van der Waals surface area contributed by atoms with E-state index in [0.717, 1.165) is 11.1 Å². The van der Waals surface area contributed by atoms with Crippen molar-refractivity contribution in [2.75, 3.05) is 19.0 Å². The molecule has 0 bridgehead atoms. The third-order valence-electron chi connectivity index (χ3n) is 3.07. The number of nitrogens with one attached hydrogen (secondary N) is 1. The van der Waals surface area contributed by atoms with Crippen LogP contribution in [0.25, 0.3) is 0 Å². The first-order valence-electron chi connectivity index (χ1n) is 6.89. The zero-order chi connectivity index (χ0) is 15.9. The van der Waals surface area contributed by atoms with Crippen LogP contribution in [0, 0.1) is 6.92 Å². The summed E-state index contributed by atoms with van der Waals surface area (Å²) in [6, 6.07) is 12.5. The van der Waals surface area contributed by atoms with Crippen molar-refractivity contribution < 1.29 is 19.4 Å². The van der Waals surface area contributed by atoms with Gasteiger partial charge in [-0.25, -0.2) is 0 Å². The van der Waals surface area contributed by atoms with Crippen molar-refractivity contribution in [1.29, 1.82) is 0 Å². The lowest BCUT2D eigenvalue weighted by Gasteiger charge is -2.11. The smallest absolute Gasteiger partial charge is 0.262 e. The standard InChI is InChI=1S/C17H19NO4/c1-12-6-7-15(16(8-12)21-2)22-11-17(20)18-14-5-3-4-13(9-14)10-19/h3-9,19H,10-11H2,1-2H3,(H,18,20). The molecule has 116 valence electrons. The van der Waals surface area contributed by atoms with Crippen LogP contribution >= 0.6 is 0 Å². The predicted molar refractivity (Wildman–Crippen MR) is 84.2 cm³/mol. The first kappa shape index (κ1) is 15.9. The molecule has 0 aliphatic carbocycles. The Hall–Kier alpha value is -2.53. The number of hydrogen-bond donors (Lipinski definition) is 2. The molecule has 0 aliphatic heterocycles. The first-order valence-corrected chi connectivity index (χ1v) is 6.89. The van der Waals surface area contributed by atoms with E-state index in [4.69, 9.17) is 14.6 Å². The van der Waals surface area contributed by atoms with E-state index in [1.165, 1.54) is 0 Å². The van der Waals surface area contributed by atoms with Gasteiger partial charge >= 0.3 is 0 Å². The molecule has 2 N–H and O–H groups in total. The van der Waals surface area contributed by atoms with Crippen LogP contribution in [0.5, 0.6) is 11.5 Å². The number of anilines is 1. The summed E-state index contributed by atoms with van der Waals surface area (Å²) in [4.78, 5) is 11.9. The fraction of sp³-hybridized carbons (Fsp3) is 0.235. The number of benzene rings is 2. The quantitative estimate of drug-likeness (QED) is 0.860. The molecule has 0 saturated heterocycles. The van der Waals surface area contributed by atoms with Crippen molar-refractivity contribution in [1.82, 2.24) is 0 Å². The molecule has 0 saturated carbocycles. The SMILES string of the molecule is COc1cc(C)ccc1OCC(=O)Nc1cccc(CO)c1. The number of aliphatic hydroxyl groups is 1. The van der Waals surface area contributed by atoms with Gasteiger partial charge in [-0.3, -0.25) is 4.79 Å². The van der Waals surface area contributed by atoms with Crippen LogP contribution in [0.15, 0.2) is 42.5 Å². The maximum atomic E-state index is 11.9. The highest BCUT2D eigenvalue weighted by Gasteiger charge is 2.08. The normalized spacial score (nSPS) is 10.1. The minimum atomic E-state index is -0.280. The van der Waals surface area contributed by atoms with E-state index in [1.807, 2.05) is 19.1 Å². The zero-order valence-electron chi connectivity index (χ0n) is 12.6. The van der Waals surface area contributed by atoms with Gasteiger partial charge in [-0.15, -0.1) is 0 Å².